The molecule has 7 atom stereocenters. The van der Waals surface area contributed by atoms with Crippen molar-refractivity contribution in [1.29, 1.82) is 0 Å². The fraction of sp³-hybridized carbons (Fsp3) is 0.600. The van der Waals surface area contributed by atoms with Crippen molar-refractivity contribution < 1.29 is 33.7 Å². The number of carbonyl (C=O) groups excluding carboxylic acids is 2. The lowest BCUT2D eigenvalue weighted by Crippen LogP contribution is -2.62. The zero-order valence-electron chi connectivity index (χ0n) is 15.0. The van der Waals surface area contributed by atoms with Gasteiger partial charge < -0.3 is 24.1 Å². The Morgan fingerprint density at radius 3 is 2.74 bits per heavy atom. The van der Waals surface area contributed by atoms with Crippen LogP contribution >= 0.6 is 0 Å². The molecule has 27 heavy (non-hydrogen) atoms. The molecular formula is C20H22O7. The highest BCUT2D eigenvalue weighted by Gasteiger charge is 2.72. The number of fused-ring (bicyclic) bond motifs is 1. The maximum Gasteiger partial charge on any atom is 0.334 e. The van der Waals surface area contributed by atoms with Crippen LogP contribution in [0.1, 0.15) is 37.9 Å². The number of cyclic esters (lactones) is 2. The third kappa shape index (κ3) is 1.99. The summed E-state index contributed by atoms with van der Waals surface area (Å²) in [5.74, 6) is -1.44. The number of aliphatic hydroxyl groups excluding tert-OH is 2. The average molecular weight is 374 g/mol. The van der Waals surface area contributed by atoms with E-state index in [2.05, 4.69) is 0 Å². The molecule has 1 aromatic heterocycles. The van der Waals surface area contributed by atoms with Gasteiger partial charge in [0.05, 0.1) is 35.6 Å². The van der Waals surface area contributed by atoms with E-state index in [1.54, 1.807) is 18.6 Å². The summed E-state index contributed by atoms with van der Waals surface area (Å²) >= 11 is 0. The molecule has 1 saturated carbocycles. The minimum absolute atomic E-state index is 0.0361. The standard InChI is InChI=1S/C20H22O7/c1-10-4-16(22)20-9-26-17(23)13(20)5-12(21)6-15(20)19(10)7-14(27-18(19)24)11-2-3-25-8-11/h2-3,5,8,10,12,14-16,21-22H,4,6-7,9H2,1H3/t10-,12-,14-,15-,16-,19-,20+/m1/s1. The first-order valence-corrected chi connectivity index (χ1v) is 9.38. The third-order valence-electron chi connectivity index (χ3n) is 7.36. The van der Waals surface area contributed by atoms with Crippen LogP contribution in [0.15, 0.2) is 34.7 Å². The average Bonchev–Trinajstić information content (AvgIpc) is 3.33. The molecule has 0 unspecified atom stereocenters. The van der Waals surface area contributed by atoms with Gasteiger partial charge >= 0.3 is 11.9 Å². The Morgan fingerprint density at radius 1 is 1.19 bits per heavy atom. The van der Waals surface area contributed by atoms with Crippen molar-refractivity contribution in [2.24, 2.45) is 22.7 Å². The Morgan fingerprint density at radius 2 is 2.00 bits per heavy atom. The smallest absolute Gasteiger partial charge is 0.334 e. The van der Waals surface area contributed by atoms with Crippen molar-refractivity contribution in [3.63, 3.8) is 0 Å². The number of hydrogen-bond donors (Lipinski definition) is 2. The van der Waals surface area contributed by atoms with Crippen molar-refractivity contribution >= 4 is 11.9 Å². The van der Waals surface area contributed by atoms with E-state index in [4.69, 9.17) is 13.9 Å². The van der Waals surface area contributed by atoms with Crippen molar-refractivity contribution in [3.05, 3.63) is 35.8 Å². The number of esters is 2. The Labute approximate surface area is 155 Å². The van der Waals surface area contributed by atoms with Crippen LogP contribution in [0.4, 0.5) is 0 Å². The second-order valence-electron chi connectivity index (χ2n) is 8.40. The van der Waals surface area contributed by atoms with Crippen molar-refractivity contribution in [1.82, 2.24) is 0 Å². The van der Waals surface area contributed by atoms with Gasteiger partial charge in [-0.3, -0.25) is 4.79 Å². The minimum atomic E-state index is -0.965. The lowest BCUT2D eigenvalue weighted by Gasteiger charge is -2.56. The highest BCUT2D eigenvalue weighted by Crippen LogP contribution is 2.67. The van der Waals surface area contributed by atoms with E-state index in [0.29, 0.717) is 18.4 Å². The molecule has 0 amide bonds. The predicted octanol–water partition coefficient (Wildman–Crippen LogP) is 1.51. The Bertz CT molecular complexity index is 827. The van der Waals surface area contributed by atoms with Crippen LogP contribution in [-0.2, 0) is 19.1 Å². The predicted molar refractivity (Wildman–Crippen MR) is 90.0 cm³/mol. The normalized spacial score (nSPS) is 45.9. The van der Waals surface area contributed by atoms with Crippen LogP contribution < -0.4 is 0 Å². The molecule has 0 bridgehead atoms. The van der Waals surface area contributed by atoms with E-state index in [-0.39, 0.29) is 24.9 Å². The maximum absolute atomic E-state index is 13.2. The second kappa shape index (κ2) is 5.45. The quantitative estimate of drug-likeness (QED) is 0.718. The van der Waals surface area contributed by atoms with Crippen LogP contribution in [0.5, 0.6) is 0 Å². The van der Waals surface area contributed by atoms with E-state index >= 15 is 0 Å². The van der Waals surface area contributed by atoms with Gasteiger partial charge in [0, 0.05) is 17.6 Å². The molecule has 7 nitrogen and oxygen atoms in total. The molecule has 2 N–H and O–H groups in total. The Balaban J connectivity index is 1.64. The molecule has 1 aromatic rings. The zero-order chi connectivity index (χ0) is 19.0. The number of furan rings is 1. The monoisotopic (exact) mass is 374 g/mol. The highest BCUT2D eigenvalue weighted by atomic mass is 16.6. The molecule has 2 aliphatic carbocycles. The van der Waals surface area contributed by atoms with Crippen LogP contribution in [0.2, 0.25) is 0 Å². The highest BCUT2D eigenvalue weighted by molar-refractivity contribution is 5.94. The summed E-state index contributed by atoms with van der Waals surface area (Å²) in [5, 5.41) is 21.4. The molecule has 2 spiro atoms. The fourth-order valence-electron chi connectivity index (χ4n) is 6.03. The number of ether oxygens (including phenoxy) is 2. The number of aliphatic hydroxyl groups is 2. The summed E-state index contributed by atoms with van der Waals surface area (Å²) in [5.41, 5.74) is -0.758. The molecule has 0 radical (unpaired) electrons. The minimum Gasteiger partial charge on any atom is -0.472 e. The van der Waals surface area contributed by atoms with Gasteiger partial charge in [0.1, 0.15) is 12.7 Å². The van der Waals surface area contributed by atoms with E-state index in [1.807, 2.05) is 6.92 Å². The van der Waals surface area contributed by atoms with E-state index in [9.17, 15) is 19.8 Å². The van der Waals surface area contributed by atoms with Crippen molar-refractivity contribution in [2.45, 2.75) is 44.5 Å². The summed E-state index contributed by atoms with van der Waals surface area (Å²) in [6.07, 6.45) is 3.58. The zero-order valence-corrected chi connectivity index (χ0v) is 15.0. The van der Waals surface area contributed by atoms with Crippen LogP contribution in [0, 0.1) is 22.7 Å². The maximum atomic E-state index is 13.2. The first kappa shape index (κ1) is 17.0. The van der Waals surface area contributed by atoms with Crippen LogP contribution in [0.25, 0.3) is 0 Å². The van der Waals surface area contributed by atoms with Gasteiger partial charge in [0.25, 0.3) is 0 Å². The molecule has 2 aliphatic heterocycles. The second-order valence-corrected chi connectivity index (χ2v) is 8.40. The molecule has 3 heterocycles. The molecule has 4 aliphatic rings. The number of rotatable bonds is 1. The number of hydrogen-bond acceptors (Lipinski definition) is 7. The van der Waals surface area contributed by atoms with Gasteiger partial charge in [-0.2, -0.15) is 0 Å². The van der Waals surface area contributed by atoms with Crippen molar-refractivity contribution in [2.75, 3.05) is 6.61 Å². The molecule has 0 aromatic carbocycles. The van der Waals surface area contributed by atoms with Crippen LogP contribution in [-0.4, -0.2) is 41.0 Å². The van der Waals surface area contributed by atoms with E-state index in [0.717, 1.165) is 5.56 Å². The molecule has 2 saturated heterocycles. The molecule has 3 fully saturated rings. The fourth-order valence-corrected chi connectivity index (χ4v) is 6.03. The molecule has 7 heteroatoms. The van der Waals surface area contributed by atoms with Gasteiger partial charge in [0.2, 0.25) is 0 Å². The van der Waals surface area contributed by atoms with Gasteiger partial charge in [-0.25, -0.2) is 4.79 Å². The van der Waals surface area contributed by atoms with Crippen molar-refractivity contribution in [3.8, 4) is 0 Å². The first-order chi connectivity index (χ1) is 12.9. The van der Waals surface area contributed by atoms with E-state index < -0.39 is 41.0 Å². The lowest BCUT2D eigenvalue weighted by molar-refractivity contribution is -0.176. The van der Waals surface area contributed by atoms with Gasteiger partial charge in [0.15, 0.2) is 0 Å². The Kier molecular flexibility index (Phi) is 3.44. The van der Waals surface area contributed by atoms with Crippen LogP contribution in [0.3, 0.4) is 0 Å². The van der Waals surface area contributed by atoms with E-state index in [1.165, 1.54) is 6.08 Å². The summed E-state index contributed by atoms with van der Waals surface area (Å²) < 4.78 is 16.2. The molecular weight excluding hydrogens is 352 g/mol. The summed E-state index contributed by atoms with van der Waals surface area (Å²) in [6, 6.07) is 1.78. The van der Waals surface area contributed by atoms with Gasteiger partial charge in [-0.05, 0) is 36.8 Å². The van der Waals surface area contributed by atoms with Gasteiger partial charge in [-0.1, -0.05) is 6.92 Å². The largest absolute Gasteiger partial charge is 0.472 e. The summed E-state index contributed by atoms with van der Waals surface area (Å²) in [4.78, 5) is 25.6. The lowest BCUT2D eigenvalue weighted by atomic mass is 9.45. The molecule has 144 valence electrons. The first-order valence-electron chi connectivity index (χ1n) is 9.38. The number of carbonyl (C=O) groups is 2. The third-order valence-corrected chi connectivity index (χ3v) is 7.36. The topological polar surface area (TPSA) is 106 Å². The summed E-state index contributed by atoms with van der Waals surface area (Å²) in [7, 11) is 0. The summed E-state index contributed by atoms with van der Waals surface area (Å²) in [6.45, 7) is 1.98. The molecule has 5 rings (SSSR count). The SMILES string of the molecule is C[C@@H]1C[C@@H](O)[C@@]23COC(=O)C2=C[C@@H](O)C[C@@H]3[C@@]12C[C@H](c1ccoc1)OC2=O. The Hall–Kier alpha value is -2.12. The van der Waals surface area contributed by atoms with Gasteiger partial charge in [-0.15, -0.1) is 0 Å².